The van der Waals surface area contributed by atoms with Gasteiger partial charge in [0.05, 0.1) is 30.3 Å². The van der Waals surface area contributed by atoms with Crippen LogP contribution in [0.3, 0.4) is 0 Å². The molecule has 0 aliphatic carbocycles. The van der Waals surface area contributed by atoms with Crippen molar-refractivity contribution in [1.29, 1.82) is 0 Å². The summed E-state index contributed by atoms with van der Waals surface area (Å²) in [5, 5.41) is 21.1. The second-order valence-electron chi connectivity index (χ2n) is 13.0. The third-order valence-electron chi connectivity index (χ3n) is 8.37. The van der Waals surface area contributed by atoms with Gasteiger partial charge >= 0.3 is 24.3 Å². The molecule has 0 saturated heterocycles. The number of ether oxygens (including phenoxy) is 4. The first-order valence-corrected chi connectivity index (χ1v) is 17.9. The van der Waals surface area contributed by atoms with Crippen LogP contribution in [0.4, 0.5) is 26.3 Å². The summed E-state index contributed by atoms with van der Waals surface area (Å²) in [6.07, 6.45) is -6.33. The standard InChI is InChI=1S/C43H38F6O10/c1-28(37(50)22-8-29-4-14-35(15-5-29)58-39(52)31-10-18-33(19-11-31)56-26-2-24-41(44,45)46)43(54,55)38(51)23-9-30-6-16-36(17-7-30)59-40(53)32-12-20-34(21-13-32)57-27-3-25-42(47,48)49/h4-23,28,54-55H,2-3,24-27H2,1H3/b22-8+,23-9+. The van der Waals surface area contributed by atoms with Crippen molar-refractivity contribution in [2.45, 2.75) is 50.7 Å². The third kappa shape index (κ3) is 15.2. The molecule has 0 aromatic heterocycles. The lowest BCUT2D eigenvalue weighted by molar-refractivity contribution is -0.196. The van der Waals surface area contributed by atoms with Crippen LogP contribution in [0, 0.1) is 5.92 Å². The molecule has 0 spiro atoms. The molecule has 1 atom stereocenters. The van der Waals surface area contributed by atoms with Crippen molar-refractivity contribution in [2.24, 2.45) is 5.92 Å². The number of halogens is 6. The summed E-state index contributed by atoms with van der Waals surface area (Å²) in [6.45, 7) is 0.876. The highest BCUT2D eigenvalue weighted by molar-refractivity contribution is 6.05. The van der Waals surface area contributed by atoms with Crippen molar-refractivity contribution >= 4 is 35.7 Å². The van der Waals surface area contributed by atoms with E-state index < -0.39 is 60.4 Å². The minimum atomic E-state index is -4.27. The molecule has 4 rings (SSSR count). The predicted molar refractivity (Wildman–Crippen MR) is 202 cm³/mol. The maximum absolute atomic E-state index is 12.8. The predicted octanol–water partition coefficient (Wildman–Crippen LogP) is 8.75. The number of alkyl halides is 6. The fourth-order valence-electron chi connectivity index (χ4n) is 4.95. The summed E-state index contributed by atoms with van der Waals surface area (Å²) in [7, 11) is 0. The average molecular weight is 829 g/mol. The highest BCUT2D eigenvalue weighted by Gasteiger charge is 2.41. The van der Waals surface area contributed by atoms with Crippen LogP contribution < -0.4 is 18.9 Å². The Kier molecular flexibility index (Phi) is 15.7. The molecule has 0 bridgehead atoms. The Bertz CT molecular complexity index is 2090. The Balaban J connectivity index is 1.22. The van der Waals surface area contributed by atoms with Crippen molar-refractivity contribution < 1.29 is 74.7 Å². The van der Waals surface area contributed by atoms with Gasteiger partial charge < -0.3 is 29.2 Å². The molecule has 2 N–H and O–H groups in total. The molecule has 312 valence electrons. The number of aliphatic hydroxyl groups is 2. The lowest BCUT2D eigenvalue weighted by Gasteiger charge is -2.23. The molecule has 0 radical (unpaired) electrons. The fraction of sp³-hybridized carbons (Fsp3) is 0.256. The zero-order chi connectivity index (χ0) is 43.2. The van der Waals surface area contributed by atoms with Crippen molar-refractivity contribution in [3.8, 4) is 23.0 Å². The molecule has 0 aliphatic heterocycles. The van der Waals surface area contributed by atoms with E-state index in [4.69, 9.17) is 18.9 Å². The smallest absolute Gasteiger partial charge is 0.389 e. The minimum Gasteiger partial charge on any atom is -0.494 e. The van der Waals surface area contributed by atoms with Crippen LogP contribution >= 0.6 is 0 Å². The van der Waals surface area contributed by atoms with Gasteiger partial charge in [-0.1, -0.05) is 36.4 Å². The molecule has 4 aromatic rings. The number of benzene rings is 4. The minimum absolute atomic E-state index is 0.142. The second kappa shape index (κ2) is 20.4. The van der Waals surface area contributed by atoms with Gasteiger partial charge in [-0.15, -0.1) is 0 Å². The molecule has 10 nitrogen and oxygen atoms in total. The SMILES string of the molecule is CC(C(=O)/C=C/c1ccc(OC(=O)c2ccc(OCCCC(F)(F)F)cc2)cc1)C(O)(O)C(=O)/C=C/c1ccc(OC(=O)c2ccc(OCCCC(F)(F)F)cc2)cc1. The molecule has 4 aromatic carbocycles. The number of hydrogen-bond acceptors (Lipinski definition) is 10. The number of rotatable bonds is 19. The largest absolute Gasteiger partial charge is 0.494 e. The Morgan fingerprint density at radius 3 is 1.29 bits per heavy atom. The average Bonchev–Trinajstić information content (AvgIpc) is 3.19. The topological polar surface area (TPSA) is 146 Å². The molecule has 0 aliphatic rings. The molecular weight excluding hydrogens is 790 g/mol. The Morgan fingerprint density at radius 2 is 0.915 bits per heavy atom. The van der Waals surface area contributed by atoms with E-state index in [1.807, 2.05) is 0 Å². The number of carbonyl (C=O) groups is 4. The van der Waals surface area contributed by atoms with Gasteiger partial charge in [-0.05, 0) is 116 Å². The van der Waals surface area contributed by atoms with Crippen LogP contribution in [0.15, 0.2) is 109 Å². The maximum atomic E-state index is 12.8. The van der Waals surface area contributed by atoms with Crippen LogP contribution in [0.1, 0.15) is 64.4 Å². The highest BCUT2D eigenvalue weighted by Crippen LogP contribution is 2.25. The van der Waals surface area contributed by atoms with Gasteiger partial charge in [0, 0.05) is 12.8 Å². The first kappa shape index (κ1) is 45.4. The van der Waals surface area contributed by atoms with E-state index in [0.717, 1.165) is 19.1 Å². The molecule has 0 heterocycles. The third-order valence-corrected chi connectivity index (χ3v) is 8.37. The van der Waals surface area contributed by atoms with Crippen LogP contribution in [-0.4, -0.2) is 65.1 Å². The second-order valence-corrected chi connectivity index (χ2v) is 13.0. The Morgan fingerprint density at radius 1 is 0.559 bits per heavy atom. The molecule has 16 heteroatoms. The zero-order valence-corrected chi connectivity index (χ0v) is 31.3. The van der Waals surface area contributed by atoms with Crippen molar-refractivity contribution in [2.75, 3.05) is 13.2 Å². The number of carbonyl (C=O) groups excluding carboxylic acids is 4. The van der Waals surface area contributed by atoms with Gasteiger partial charge in [0.1, 0.15) is 23.0 Å². The van der Waals surface area contributed by atoms with E-state index in [1.165, 1.54) is 109 Å². The summed E-state index contributed by atoms with van der Waals surface area (Å²) in [6, 6.07) is 23.0. The summed E-state index contributed by atoms with van der Waals surface area (Å²) in [4.78, 5) is 50.6. The van der Waals surface area contributed by atoms with Gasteiger partial charge in [-0.25, -0.2) is 9.59 Å². The van der Waals surface area contributed by atoms with Gasteiger partial charge in [0.25, 0.3) is 0 Å². The summed E-state index contributed by atoms with van der Waals surface area (Å²) in [5.41, 5.74) is 1.20. The Labute approximate surface area is 334 Å². The Hall–Kier alpha value is -6.26. The van der Waals surface area contributed by atoms with E-state index >= 15 is 0 Å². The van der Waals surface area contributed by atoms with Gasteiger partial charge in [0.2, 0.25) is 11.6 Å². The van der Waals surface area contributed by atoms with Crippen LogP contribution in [0.5, 0.6) is 23.0 Å². The number of hydrogen-bond donors (Lipinski definition) is 2. The summed E-state index contributed by atoms with van der Waals surface area (Å²) >= 11 is 0. The molecule has 0 saturated carbocycles. The molecule has 1 unspecified atom stereocenters. The number of ketones is 2. The summed E-state index contributed by atoms with van der Waals surface area (Å²) in [5.74, 6) is -7.15. The normalized spacial score (nSPS) is 12.6. The van der Waals surface area contributed by atoms with Gasteiger partial charge in [0.15, 0.2) is 5.78 Å². The fourth-order valence-corrected chi connectivity index (χ4v) is 4.95. The molecule has 0 fully saturated rings. The lowest BCUT2D eigenvalue weighted by atomic mass is 9.91. The quantitative estimate of drug-likeness (QED) is 0.0235. The lowest BCUT2D eigenvalue weighted by Crippen LogP contribution is -2.46. The monoisotopic (exact) mass is 828 g/mol. The van der Waals surface area contributed by atoms with Crippen LogP contribution in [-0.2, 0) is 9.59 Å². The number of allylic oxidation sites excluding steroid dienone is 1. The maximum Gasteiger partial charge on any atom is 0.389 e. The molecule has 59 heavy (non-hydrogen) atoms. The van der Waals surface area contributed by atoms with E-state index in [9.17, 15) is 55.7 Å². The van der Waals surface area contributed by atoms with Gasteiger partial charge in [-0.3, -0.25) is 9.59 Å². The van der Waals surface area contributed by atoms with E-state index in [2.05, 4.69) is 0 Å². The van der Waals surface area contributed by atoms with E-state index in [-0.39, 0.29) is 60.2 Å². The highest BCUT2D eigenvalue weighted by atomic mass is 19.4. The van der Waals surface area contributed by atoms with Gasteiger partial charge in [-0.2, -0.15) is 26.3 Å². The van der Waals surface area contributed by atoms with Crippen molar-refractivity contribution in [3.63, 3.8) is 0 Å². The van der Waals surface area contributed by atoms with Crippen molar-refractivity contribution in [1.82, 2.24) is 0 Å². The molecule has 0 amide bonds. The van der Waals surface area contributed by atoms with Crippen molar-refractivity contribution in [3.05, 3.63) is 131 Å². The van der Waals surface area contributed by atoms with E-state index in [1.54, 1.807) is 0 Å². The first-order chi connectivity index (χ1) is 27.8. The van der Waals surface area contributed by atoms with E-state index in [0.29, 0.717) is 11.1 Å². The van der Waals surface area contributed by atoms with Crippen LogP contribution in [0.25, 0.3) is 12.2 Å². The zero-order valence-electron chi connectivity index (χ0n) is 31.3. The molecular formula is C43H38F6O10. The number of esters is 2. The summed E-state index contributed by atoms with van der Waals surface area (Å²) < 4.78 is 94.8. The first-order valence-electron chi connectivity index (χ1n) is 17.9. The van der Waals surface area contributed by atoms with Crippen LogP contribution in [0.2, 0.25) is 0 Å².